The standard InChI is InChI=1S/C6H12O.Al.HI.3H/c7-6-4-2-1-3-5-6;;;;;/h6-7H,1-5H2;;1H;;;. The van der Waals surface area contributed by atoms with Crippen molar-refractivity contribution in [1.29, 1.82) is 0 Å². The van der Waals surface area contributed by atoms with Crippen LogP contribution in [0.5, 0.6) is 0 Å². The first kappa shape index (κ1) is 12.9. The number of aliphatic hydroxyl groups excluding tert-OH is 1. The molecule has 0 atom stereocenters. The van der Waals surface area contributed by atoms with Crippen molar-refractivity contribution >= 4 is 41.3 Å². The fourth-order valence-electron chi connectivity index (χ4n) is 1.08. The molecule has 0 amide bonds. The number of hydrogen-bond donors (Lipinski definition) is 1. The van der Waals surface area contributed by atoms with E-state index in [9.17, 15) is 0 Å². The maximum absolute atomic E-state index is 8.91. The fourth-order valence-corrected chi connectivity index (χ4v) is 1.08. The van der Waals surface area contributed by atoms with Crippen molar-refractivity contribution in [1.82, 2.24) is 0 Å². The van der Waals surface area contributed by atoms with Crippen LogP contribution < -0.4 is 0 Å². The third-order valence-electron chi connectivity index (χ3n) is 1.57. The van der Waals surface area contributed by atoms with Gasteiger partial charge in [0.2, 0.25) is 0 Å². The second-order valence-corrected chi connectivity index (χ2v) is 2.29. The molecule has 1 N–H and O–H groups in total. The van der Waals surface area contributed by atoms with Gasteiger partial charge in [-0.1, -0.05) is 19.3 Å². The predicted octanol–water partition coefficient (Wildman–Crippen LogP) is 0.745. The lowest BCUT2D eigenvalue weighted by atomic mass is 9.98. The molecule has 0 radical (unpaired) electrons. The minimum Gasteiger partial charge on any atom is -0.393 e. The Hall–Kier alpha value is 1.22. The summed E-state index contributed by atoms with van der Waals surface area (Å²) in [5, 5.41) is 8.91. The molecule has 1 aliphatic carbocycles. The summed E-state index contributed by atoms with van der Waals surface area (Å²) in [5.41, 5.74) is 0. The third kappa shape index (κ3) is 5.66. The van der Waals surface area contributed by atoms with Crippen LogP contribution in [-0.2, 0) is 0 Å². The Morgan fingerprint density at radius 3 is 1.67 bits per heavy atom. The van der Waals surface area contributed by atoms with Gasteiger partial charge in [0.05, 0.1) is 6.10 Å². The van der Waals surface area contributed by atoms with Gasteiger partial charge < -0.3 is 5.11 Å². The van der Waals surface area contributed by atoms with Crippen LogP contribution in [0, 0.1) is 0 Å². The Labute approximate surface area is 84.4 Å². The number of rotatable bonds is 0. The molecule has 0 aromatic rings. The molecule has 0 aromatic heterocycles. The molecular weight excluding hydrogens is 242 g/mol. The van der Waals surface area contributed by atoms with Crippen molar-refractivity contribution in [3.8, 4) is 0 Å². The molecule has 0 aliphatic heterocycles. The molecule has 1 aliphatic rings. The Bertz CT molecular complexity index is 55.0. The lowest BCUT2D eigenvalue weighted by Crippen LogP contribution is -2.09. The zero-order chi connectivity index (χ0) is 5.11. The van der Waals surface area contributed by atoms with Gasteiger partial charge in [0.25, 0.3) is 0 Å². The molecule has 0 unspecified atom stereocenters. The lowest BCUT2D eigenvalue weighted by Gasteiger charge is -2.14. The van der Waals surface area contributed by atoms with Crippen molar-refractivity contribution in [2.24, 2.45) is 0 Å². The SMILES string of the molecule is I.OC1CCCCC1.[AlH3]. The highest BCUT2D eigenvalue weighted by molar-refractivity contribution is 14.0. The zero-order valence-electron chi connectivity index (χ0n) is 4.97. The molecule has 56 valence electrons. The van der Waals surface area contributed by atoms with Gasteiger partial charge in [-0.05, 0) is 12.8 Å². The molecule has 0 heterocycles. The molecule has 1 nitrogen and oxygen atoms in total. The van der Waals surface area contributed by atoms with Gasteiger partial charge in [-0.3, -0.25) is 0 Å². The molecule has 0 aromatic carbocycles. The molecule has 1 saturated carbocycles. The maximum Gasteiger partial charge on any atom is 0.187 e. The van der Waals surface area contributed by atoms with Gasteiger partial charge in [0.1, 0.15) is 0 Å². The topological polar surface area (TPSA) is 20.2 Å². The van der Waals surface area contributed by atoms with E-state index in [1.807, 2.05) is 0 Å². The van der Waals surface area contributed by atoms with Gasteiger partial charge in [-0.2, -0.15) is 0 Å². The smallest absolute Gasteiger partial charge is 0.187 e. The van der Waals surface area contributed by atoms with Crippen LogP contribution in [0.1, 0.15) is 32.1 Å². The first-order valence-electron chi connectivity index (χ1n) is 3.07. The summed E-state index contributed by atoms with van der Waals surface area (Å²) in [6, 6.07) is 0. The first-order valence-corrected chi connectivity index (χ1v) is 3.07. The van der Waals surface area contributed by atoms with E-state index in [1.165, 1.54) is 19.3 Å². The normalized spacial score (nSPS) is 19.7. The van der Waals surface area contributed by atoms with E-state index in [-0.39, 0.29) is 47.4 Å². The largest absolute Gasteiger partial charge is 0.393 e. The maximum atomic E-state index is 8.91. The van der Waals surface area contributed by atoms with Gasteiger partial charge in [0.15, 0.2) is 17.4 Å². The van der Waals surface area contributed by atoms with Crippen molar-refractivity contribution in [2.75, 3.05) is 0 Å². The minimum absolute atomic E-state index is 0. The molecule has 1 rings (SSSR count). The summed E-state index contributed by atoms with van der Waals surface area (Å²) >= 11 is 0. The quantitative estimate of drug-likeness (QED) is 0.502. The van der Waals surface area contributed by atoms with Crippen LogP contribution in [0.4, 0.5) is 0 Å². The molecule has 9 heavy (non-hydrogen) atoms. The highest BCUT2D eigenvalue weighted by atomic mass is 127. The second-order valence-electron chi connectivity index (χ2n) is 2.29. The lowest BCUT2D eigenvalue weighted by molar-refractivity contribution is 0.130. The first-order chi connectivity index (χ1) is 3.39. The van der Waals surface area contributed by atoms with Crippen LogP contribution in [0.3, 0.4) is 0 Å². The fraction of sp³-hybridized carbons (Fsp3) is 1.00. The Morgan fingerprint density at radius 1 is 1.00 bits per heavy atom. The summed E-state index contributed by atoms with van der Waals surface area (Å²) in [4.78, 5) is 0. The highest BCUT2D eigenvalue weighted by Crippen LogP contribution is 2.16. The van der Waals surface area contributed by atoms with Crippen LogP contribution in [0.2, 0.25) is 0 Å². The average Bonchev–Trinajstić information content (AvgIpc) is 1.69. The Balaban J connectivity index is 0. The molecular formula is C6H16AlIO. The van der Waals surface area contributed by atoms with E-state index < -0.39 is 0 Å². The third-order valence-corrected chi connectivity index (χ3v) is 1.57. The van der Waals surface area contributed by atoms with Crippen molar-refractivity contribution in [2.45, 2.75) is 38.2 Å². The van der Waals surface area contributed by atoms with Crippen LogP contribution in [-0.4, -0.2) is 28.6 Å². The van der Waals surface area contributed by atoms with Crippen LogP contribution in [0.15, 0.2) is 0 Å². The molecule has 0 saturated heterocycles. The summed E-state index contributed by atoms with van der Waals surface area (Å²) < 4.78 is 0. The molecule has 1 fully saturated rings. The van der Waals surface area contributed by atoms with Gasteiger partial charge in [-0.25, -0.2) is 0 Å². The summed E-state index contributed by atoms with van der Waals surface area (Å²) in [6.07, 6.45) is 5.92. The summed E-state index contributed by atoms with van der Waals surface area (Å²) in [7, 11) is 0. The Morgan fingerprint density at radius 2 is 1.44 bits per heavy atom. The molecule has 0 spiro atoms. The van der Waals surface area contributed by atoms with Crippen molar-refractivity contribution in [3.63, 3.8) is 0 Å². The van der Waals surface area contributed by atoms with Gasteiger partial charge in [-0.15, -0.1) is 24.0 Å². The monoisotopic (exact) mass is 258 g/mol. The van der Waals surface area contributed by atoms with Crippen LogP contribution >= 0.6 is 24.0 Å². The zero-order valence-corrected chi connectivity index (χ0v) is 7.30. The minimum atomic E-state index is 0. The van der Waals surface area contributed by atoms with E-state index in [2.05, 4.69) is 0 Å². The predicted molar refractivity (Wildman–Crippen MR) is 54.4 cm³/mol. The average molecular weight is 258 g/mol. The van der Waals surface area contributed by atoms with E-state index in [1.54, 1.807) is 0 Å². The van der Waals surface area contributed by atoms with E-state index in [0.717, 1.165) is 12.8 Å². The van der Waals surface area contributed by atoms with Gasteiger partial charge >= 0.3 is 0 Å². The van der Waals surface area contributed by atoms with E-state index in [0.29, 0.717) is 0 Å². The number of hydrogen-bond acceptors (Lipinski definition) is 1. The number of aliphatic hydroxyl groups is 1. The number of halogens is 1. The van der Waals surface area contributed by atoms with Crippen molar-refractivity contribution < 1.29 is 5.11 Å². The molecule has 0 bridgehead atoms. The summed E-state index contributed by atoms with van der Waals surface area (Å²) in [5.74, 6) is 0. The van der Waals surface area contributed by atoms with Crippen molar-refractivity contribution in [3.05, 3.63) is 0 Å². The van der Waals surface area contributed by atoms with E-state index >= 15 is 0 Å². The Kier molecular flexibility index (Phi) is 10.5. The molecule has 3 heteroatoms. The second kappa shape index (κ2) is 7.33. The summed E-state index contributed by atoms with van der Waals surface area (Å²) in [6.45, 7) is 0. The van der Waals surface area contributed by atoms with Crippen LogP contribution in [0.25, 0.3) is 0 Å². The van der Waals surface area contributed by atoms with Gasteiger partial charge in [0, 0.05) is 0 Å². The van der Waals surface area contributed by atoms with E-state index in [4.69, 9.17) is 5.11 Å². The highest BCUT2D eigenvalue weighted by Gasteiger charge is 2.07.